The van der Waals surface area contributed by atoms with E-state index in [1.807, 2.05) is 17.5 Å². The van der Waals surface area contributed by atoms with Gasteiger partial charge in [0.15, 0.2) is 11.7 Å². The van der Waals surface area contributed by atoms with Crippen LogP contribution in [-0.4, -0.2) is 59.6 Å². The highest BCUT2D eigenvalue weighted by molar-refractivity contribution is 7.10. The predicted octanol–water partition coefficient (Wildman–Crippen LogP) is -0.335. The molecule has 0 spiro atoms. The summed E-state index contributed by atoms with van der Waals surface area (Å²) in [5.74, 6) is -0.0579. The maximum Gasteiger partial charge on any atom is 0.344 e. The number of ether oxygens (including phenoxy) is 1. The number of hydrogen-bond acceptors (Lipinski definition) is 5. The molecule has 2 atom stereocenters. The highest BCUT2D eigenvalue weighted by Crippen LogP contribution is 2.44. The third-order valence-electron chi connectivity index (χ3n) is 7.24. The maximum atomic E-state index is 13.3. The molecule has 158 valence electrons. The summed E-state index contributed by atoms with van der Waals surface area (Å²) in [4.78, 5) is 14.0. The van der Waals surface area contributed by atoms with Gasteiger partial charge in [0, 0.05) is 42.6 Å². The van der Waals surface area contributed by atoms with Gasteiger partial charge in [0.1, 0.15) is 6.54 Å². The molecule has 2 N–H and O–H groups in total. The smallest absolute Gasteiger partial charge is 0.344 e. The normalized spacial score (nSPS) is 31.9. The van der Waals surface area contributed by atoms with Gasteiger partial charge in [-0.2, -0.15) is 0 Å². The number of aliphatic hydroxyl groups excluding tert-OH is 1. The summed E-state index contributed by atoms with van der Waals surface area (Å²) >= 11 is 1.45. The van der Waals surface area contributed by atoms with E-state index in [0.717, 1.165) is 80.5 Å². The predicted molar refractivity (Wildman–Crippen MR) is 104 cm³/mol. The van der Waals surface area contributed by atoms with E-state index in [2.05, 4.69) is 0 Å². The number of quaternary nitrogens is 1. The van der Waals surface area contributed by atoms with Gasteiger partial charge >= 0.3 is 5.97 Å². The second-order valence-corrected chi connectivity index (χ2v) is 9.73. The fourth-order valence-corrected chi connectivity index (χ4v) is 6.50. The summed E-state index contributed by atoms with van der Waals surface area (Å²) in [5.41, 5.74) is -1.49. The Bertz CT molecular complexity index is 641. The molecule has 5 nitrogen and oxygen atoms in total. The zero-order valence-corrected chi connectivity index (χ0v) is 18.8. The van der Waals surface area contributed by atoms with Crippen LogP contribution in [0.3, 0.4) is 0 Å². The number of carbonyl (C=O) groups excluding carboxylic acids is 1. The van der Waals surface area contributed by atoms with Crippen molar-refractivity contribution in [2.75, 3.05) is 32.8 Å². The number of aliphatic hydroxyl groups is 2. The van der Waals surface area contributed by atoms with Crippen LogP contribution in [0.1, 0.15) is 49.8 Å². The van der Waals surface area contributed by atoms with Crippen molar-refractivity contribution in [1.82, 2.24) is 0 Å². The van der Waals surface area contributed by atoms with Gasteiger partial charge in [0.05, 0.1) is 19.6 Å². The number of rotatable bonds is 7. The van der Waals surface area contributed by atoms with Crippen molar-refractivity contribution in [3.05, 3.63) is 22.4 Å². The zero-order chi connectivity index (χ0) is 18.9. The van der Waals surface area contributed by atoms with Crippen LogP contribution in [0.4, 0.5) is 0 Å². The lowest BCUT2D eigenvalue weighted by Crippen LogP contribution is -3.00. The second kappa shape index (κ2) is 9.13. The van der Waals surface area contributed by atoms with E-state index in [1.165, 1.54) is 11.3 Å². The fraction of sp³-hybridized carbons (Fsp3) is 0.762. The summed E-state index contributed by atoms with van der Waals surface area (Å²) in [5, 5.41) is 22.7. The van der Waals surface area contributed by atoms with Crippen molar-refractivity contribution in [2.45, 2.75) is 56.7 Å². The molecule has 4 heterocycles. The molecule has 3 saturated heterocycles. The molecule has 5 rings (SSSR count). The summed E-state index contributed by atoms with van der Waals surface area (Å²) in [6.07, 6.45) is 6.74. The molecule has 7 heteroatoms. The van der Waals surface area contributed by atoms with Crippen LogP contribution in [0.15, 0.2) is 17.5 Å². The first kappa shape index (κ1) is 22.2. The Balaban J connectivity index is 0.00000225. The Labute approximate surface area is 182 Å². The molecule has 1 aromatic rings. The molecule has 1 aliphatic carbocycles. The minimum absolute atomic E-state index is 0. The van der Waals surface area contributed by atoms with E-state index in [1.54, 1.807) is 0 Å². The largest absolute Gasteiger partial charge is 1.00 e. The van der Waals surface area contributed by atoms with Gasteiger partial charge < -0.3 is 36.4 Å². The minimum Gasteiger partial charge on any atom is -1.00 e. The molecule has 4 aliphatic rings. The molecular formula is C21H32BrNO4S. The number of carbonyl (C=O) groups is 1. The van der Waals surface area contributed by atoms with E-state index in [-0.39, 0.29) is 35.6 Å². The van der Waals surface area contributed by atoms with E-state index < -0.39 is 11.6 Å². The second-order valence-electron chi connectivity index (χ2n) is 8.78. The number of hydrogen-bond donors (Lipinski definition) is 2. The average molecular weight is 474 g/mol. The van der Waals surface area contributed by atoms with E-state index in [0.29, 0.717) is 5.92 Å². The van der Waals surface area contributed by atoms with E-state index in [4.69, 9.17) is 4.74 Å². The van der Waals surface area contributed by atoms with Gasteiger partial charge in [0.25, 0.3) is 0 Å². The summed E-state index contributed by atoms with van der Waals surface area (Å²) in [6.45, 7) is 4.25. The topological polar surface area (TPSA) is 66.8 Å². The summed E-state index contributed by atoms with van der Waals surface area (Å²) in [7, 11) is 0. The van der Waals surface area contributed by atoms with Crippen LogP contribution in [0.2, 0.25) is 0 Å². The fourth-order valence-electron chi connectivity index (χ4n) is 5.61. The number of halogens is 1. The lowest BCUT2D eigenvalue weighted by molar-refractivity contribution is -0.946. The van der Waals surface area contributed by atoms with Crippen LogP contribution in [0.25, 0.3) is 0 Å². The number of thiophene rings is 1. The van der Waals surface area contributed by atoms with Gasteiger partial charge in [-0.25, -0.2) is 4.79 Å². The van der Waals surface area contributed by atoms with Crippen molar-refractivity contribution < 1.29 is 41.2 Å². The zero-order valence-electron chi connectivity index (χ0n) is 16.4. The molecule has 0 radical (unpaired) electrons. The molecule has 3 aliphatic heterocycles. The quantitative estimate of drug-likeness (QED) is 0.420. The number of nitrogens with zero attached hydrogens (tertiary/aromatic N) is 1. The van der Waals surface area contributed by atoms with Gasteiger partial charge in [-0.1, -0.05) is 18.9 Å². The molecular weight excluding hydrogens is 442 g/mol. The van der Waals surface area contributed by atoms with Crippen molar-refractivity contribution >= 4 is 17.3 Å². The molecule has 0 aromatic carbocycles. The van der Waals surface area contributed by atoms with Crippen LogP contribution in [0, 0.1) is 11.8 Å². The highest BCUT2D eigenvalue weighted by atomic mass is 79.9. The standard InChI is InChI=1S/C21H32NO4S.BrH/c23-13-4-10-22-11-8-16(9-12-22)18(15-22)26-20(24)21(25,17-5-1-2-6-17)19-7-3-14-27-19;/h3,7,14,16-18,23,25H,1-2,4-6,8-13,15H2;1H/q+1;/p-1/t16?,18-,21+,22?;/m0./s1. The lowest BCUT2D eigenvalue weighted by Gasteiger charge is -2.52. The Morgan fingerprint density at radius 2 is 1.96 bits per heavy atom. The monoisotopic (exact) mass is 473 g/mol. The Kier molecular flexibility index (Phi) is 7.24. The molecule has 2 bridgehead atoms. The SMILES string of the molecule is O=C(O[C@H]1C[N+]2(CCCO)CCC1CC2)[C@](O)(c1cccs1)C1CCCC1.[Br-]. The van der Waals surface area contributed by atoms with Crippen LogP contribution in [0.5, 0.6) is 0 Å². The molecule has 0 amide bonds. The Morgan fingerprint density at radius 1 is 1.25 bits per heavy atom. The number of piperidine rings is 3. The molecule has 4 fully saturated rings. The van der Waals surface area contributed by atoms with Crippen molar-refractivity contribution in [3.8, 4) is 0 Å². The molecule has 1 aromatic heterocycles. The van der Waals surface area contributed by atoms with Crippen molar-refractivity contribution in [3.63, 3.8) is 0 Å². The van der Waals surface area contributed by atoms with Crippen LogP contribution in [-0.2, 0) is 15.1 Å². The van der Waals surface area contributed by atoms with Gasteiger partial charge in [0.2, 0.25) is 0 Å². The van der Waals surface area contributed by atoms with E-state index >= 15 is 0 Å². The van der Waals surface area contributed by atoms with Crippen molar-refractivity contribution in [2.24, 2.45) is 11.8 Å². The van der Waals surface area contributed by atoms with Crippen molar-refractivity contribution in [1.29, 1.82) is 0 Å². The lowest BCUT2D eigenvalue weighted by atomic mass is 9.82. The molecule has 28 heavy (non-hydrogen) atoms. The Morgan fingerprint density at radius 3 is 2.57 bits per heavy atom. The third kappa shape index (κ3) is 4.06. The maximum absolute atomic E-state index is 13.3. The summed E-state index contributed by atoms with van der Waals surface area (Å²) in [6, 6.07) is 3.77. The first-order valence-electron chi connectivity index (χ1n) is 10.5. The first-order valence-corrected chi connectivity index (χ1v) is 11.4. The molecule has 0 unspecified atom stereocenters. The number of esters is 1. The minimum atomic E-state index is -1.49. The third-order valence-corrected chi connectivity index (χ3v) is 8.24. The van der Waals surface area contributed by atoms with E-state index in [9.17, 15) is 15.0 Å². The van der Waals surface area contributed by atoms with Crippen LogP contribution < -0.4 is 17.0 Å². The highest BCUT2D eigenvalue weighted by Gasteiger charge is 2.52. The summed E-state index contributed by atoms with van der Waals surface area (Å²) < 4.78 is 7.03. The molecule has 1 saturated carbocycles. The average Bonchev–Trinajstić information content (AvgIpc) is 3.41. The first-order chi connectivity index (χ1) is 13.1. The van der Waals surface area contributed by atoms with Crippen LogP contribution >= 0.6 is 11.3 Å². The van der Waals surface area contributed by atoms with Gasteiger partial charge in [-0.15, -0.1) is 11.3 Å². The number of fused-ring (bicyclic) bond motifs is 3. The van der Waals surface area contributed by atoms with Gasteiger partial charge in [-0.3, -0.25) is 0 Å². The van der Waals surface area contributed by atoms with Gasteiger partial charge in [-0.05, 0) is 24.3 Å². The Hall–Kier alpha value is -0.470.